The summed E-state index contributed by atoms with van der Waals surface area (Å²) >= 11 is 0. The molecule has 8 nitrogen and oxygen atoms in total. The molecular weight excluding hydrogens is 441 g/mol. The van der Waals surface area contributed by atoms with Gasteiger partial charge in [-0.1, -0.05) is 0 Å². The van der Waals surface area contributed by atoms with Crippen LogP contribution >= 0.6 is 0 Å². The van der Waals surface area contributed by atoms with Crippen molar-refractivity contribution in [1.82, 2.24) is 14.7 Å². The van der Waals surface area contributed by atoms with Gasteiger partial charge < -0.3 is 23.8 Å². The minimum atomic E-state index is -0.574. The van der Waals surface area contributed by atoms with Crippen LogP contribution in [0.25, 0.3) is 16.9 Å². The Bertz CT molecular complexity index is 1180. The van der Waals surface area contributed by atoms with Gasteiger partial charge in [-0.25, -0.2) is 9.07 Å². The van der Waals surface area contributed by atoms with E-state index >= 15 is 0 Å². The molecule has 2 aliphatic heterocycles. The Morgan fingerprint density at radius 2 is 1.71 bits per heavy atom. The van der Waals surface area contributed by atoms with Crippen LogP contribution in [-0.4, -0.2) is 66.9 Å². The first kappa shape index (κ1) is 22.4. The molecule has 2 saturated heterocycles. The van der Waals surface area contributed by atoms with Gasteiger partial charge in [-0.05, 0) is 42.5 Å². The molecule has 0 saturated carbocycles. The molecule has 0 radical (unpaired) electrons. The third-order valence-corrected chi connectivity index (χ3v) is 6.31. The number of hydrogen-bond acceptors (Lipinski definition) is 6. The molecule has 5 rings (SSSR count). The maximum absolute atomic E-state index is 13.6. The lowest BCUT2D eigenvalue weighted by atomic mass is 10.0. The summed E-state index contributed by atoms with van der Waals surface area (Å²) in [5, 5.41) is 4.71. The minimum Gasteiger partial charge on any atom is -0.497 e. The number of carbonyl (C=O) groups excluding carboxylic acids is 1. The van der Waals surface area contributed by atoms with Crippen LogP contribution in [0.1, 0.15) is 23.3 Å². The summed E-state index contributed by atoms with van der Waals surface area (Å²) in [6.45, 7) is 2.18. The molecule has 2 aliphatic rings. The van der Waals surface area contributed by atoms with Crippen molar-refractivity contribution in [2.75, 3.05) is 40.5 Å². The molecule has 0 bridgehead atoms. The van der Waals surface area contributed by atoms with E-state index in [0.717, 1.165) is 0 Å². The van der Waals surface area contributed by atoms with Crippen molar-refractivity contribution in [3.8, 4) is 28.4 Å². The second-order valence-corrected chi connectivity index (χ2v) is 8.27. The number of carbonyl (C=O) groups is 1. The van der Waals surface area contributed by atoms with Gasteiger partial charge in [0.2, 0.25) is 0 Å². The van der Waals surface area contributed by atoms with Crippen molar-refractivity contribution in [3.05, 3.63) is 60.0 Å². The Kier molecular flexibility index (Phi) is 5.97. The fraction of sp³-hybridized carbons (Fsp3) is 0.360. The van der Waals surface area contributed by atoms with Gasteiger partial charge in [-0.2, -0.15) is 5.10 Å². The standard InChI is InChI=1S/C25H26FN3O5/c1-31-19-7-8-20(23(15-19)32-2)21-16-22(29(27-21)18-5-3-17(26)4-6-18)24(30)28-11-9-25(10-12-28)33-13-14-34-25/h3-8,15-16H,9-14H2,1-2H3. The second-order valence-electron chi connectivity index (χ2n) is 8.27. The highest BCUT2D eigenvalue weighted by molar-refractivity contribution is 5.94. The van der Waals surface area contributed by atoms with Crippen molar-refractivity contribution in [2.45, 2.75) is 18.6 Å². The van der Waals surface area contributed by atoms with Crippen molar-refractivity contribution < 1.29 is 28.1 Å². The highest BCUT2D eigenvalue weighted by atomic mass is 19.1. The number of ether oxygens (including phenoxy) is 4. The van der Waals surface area contributed by atoms with Gasteiger partial charge in [0.15, 0.2) is 5.79 Å². The first-order valence-corrected chi connectivity index (χ1v) is 11.2. The van der Waals surface area contributed by atoms with E-state index in [1.807, 2.05) is 12.1 Å². The van der Waals surface area contributed by atoms with Crippen LogP contribution in [0.5, 0.6) is 11.5 Å². The van der Waals surface area contributed by atoms with Crippen molar-refractivity contribution in [1.29, 1.82) is 0 Å². The molecule has 0 N–H and O–H groups in total. The van der Waals surface area contributed by atoms with E-state index in [-0.39, 0.29) is 11.7 Å². The smallest absolute Gasteiger partial charge is 0.272 e. The normalized spacial score (nSPS) is 17.2. The fourth-order valence-electron chi connectivity index (χ4n) is 4.45. The van der Waals surface area contributed by atoms with Crippen LogP contribution in [0.4, 0.5) is 4.39 Å². The predicted molar refractivity (Wildman–Crippen MR) is 122 cm³/mol. The lowest BCUT2D eigenvalue weighted by molar-refractivity contribution is -0.181. The summed E-state index contributed by atoms with van der Waals surface area (Å²) in [5.41, 5.74) is 2.23. The molecular formula is C25H26FN3O5. The van der Waals surface area contributed by atoms with E-state index in [1.165, 1.54) is 12.1 Å². The maximum Gasteiger partial charge on any atom is 0.272 e. The molecule has 9 heteroatoms. The first-order chi connectivity index (χ1) is 16.5. The summed E-state index contributed by atoms with van der Waals surface area (Å²) in [5.74, 6) is 0.114. The SMILES string of the molecule is COc1ccc(-c2cc(C(=O)N3CCC4(CC3)OCCO4)n(-c3ccc(F)cc3)n2)c(OC)c1. The minimum absolute atomic E-state index is 0.164. The van der Waals surface area contributed by atoms with Crippen LogP contribution < -0.4 is 9.47 Å². The Hall–Kier alpha value is -3.43. The lowest BCUT2D eigenvalue weighted by Crippen LogP contribution is -2.47. The third kappa shape index (κ3) is 4.12. The maximum atomic E-state index is 13.6. The van der Waals surface area contributed by atoms with Gasteiger partial charge in [0.25, 0.3) is 5.91 Å². The van der Waals surface area contributed by atoms with E-state index in [2.05, 4.69) is 0 Å². The number of amides is 1. The van der Waals surface area contributed by atoms with E-state index in [4.69, 9.17) is 24.0 Å². The zero-order valence-corrected chi connectivity index (χ0v) is 19.1. The highest BCUT2D eigenvalue weighted by Crippen LogP contribution is 2.35. The summed E-state index contributed by atoms with van der Waals surface area (Å²) in [7, 11) is 3.15. The number of likely N-dealkylation sites (tertiary alicyclic amines) is 1. The zero-order valence-electron chi connectivity index (χ0n) is 19.1. The van der Waals surface area contributed by atoms with Crippen molar-refractivity contribution >= 4 is 5.91 Å². The number of rotatable bonds is 5. The van der Waals surface area contributed by atoms with Gasteiger partial charge in [0, 0.05) is 37.6 Å². The van der Waals surface area contributed by atoms with Crippen molar-refractivity contribution in [2.24, 2.45) is 0 Å². The number of piperidine rings is 1. The van der Waals surface area contributed by atoms with E-state index in [9.17, 15) is 9.18 Å². The Balaban J connectivity index is 1.51. The van der Waals surface area contributed by atoms with E-state index in [0.29, 0.717) is 73.3 Å². The molecule has 34 heavy (non-hydrogen) atoms. The Labute approximate surface area is 196 Å². The van der Waals surface area contributed by atoms with Crippen molar-refractivity contribution in [3.63, 3.8) is 0 Å². The molecule has 3 heterocycles. The molecule has 1 amide bonds. The highest BCUT2D eigenvalue weighted by Gasteiger charge is 2.41. The van der Waals surface area contributed by atoms with E-state index < -0.39 is 5.79 Å². The number of benzene rings is 2. The topological polar surface area (TPSA) is 75.0 Å². The molecule has 0 unspecified atom stereocenters. The van der Waals surface area contributed by atoms with Gasteiger partial charge in [-0.3, -0.25) is 4.79 Å². The largest absolute Gasteiger partial charge is 0.497 e. The second kappa shape index (κ2) is 9.08. The van der Waals surface area contributed by atoms with Gasteiger partial charge >= 0.3 is 0 Å². The van der Waals surface area contributed by atoms with Crippen LogP contribution in [0.3, 0.4) is 0 Å². The average Bonchev–Trinajstić information content (AvgIpc) is 3.52. The fourth-order valence-corrected chi connectivity index (χ4v) is 4.45. The summed E-state index contributed by atoms with van der Waals surface area (Å²) in [6, 6.07) is 13.0. The summed E-state index contributed by atoms with van der Waals surface area (Å²) < 4.78 is 37.5. The van der Waals surface area contributed by atoms with Crippen LogP contribution in [0, 0.1) is 5.82 Å². The molecule has 3 aromatic rings. The number of aromatic nitrogens is 2. The quantitative estimate of drug-likeness (QED) is 0.570. The third-order valence-electron chi connectivity index (χ3n) is 6.31. The molecule has 1 spiro atoms. The van der Waals surface area contributed by atoms with Gasteiger partial charge in [-0.15, -0.1) is 0 Å². The summed E-state index contributed by atoms with van der Waals surface area (Å²) in [4.78, 5) is 15.4. The average molecular weight is 467 g/mol. The number of nitrogens with zero attached hydrogens (tertiary/aromatic N) is 3. The van der Waals surface area contributed by atoms with Crippen LogP contribution in [0.2, 0.25) is 0 Å². The Morgan fingerprint density at radius 3 is 2.35 bits per heavy atom. The predicted octanol–water partition coefficient (Wildman–Crippen LogP) is 3.67. The zero-order chi connectivity index (χ0) is 23.7. The van der Waals surface area contributed by atoms with Gasteiger partial charge in [0.1, 0.15) is 23.0 Å². The molecule has 0 aliphatic carbocycles. The molecule has 178 valence electrons. The number of hydrogen-bond donors (Lipinski definition) is 0. The lowest BCUT2D eigenvalue weighted by Gasteiger charge is -2.37. The number of halogens is 1. The Morgan fingerprint density at radius 1 is 1.00 bits per heavy atom. The monoisotopic (exact) mass is 467 g/mol. The van der Waals surface area contributed by atoms with Gasteiger partial charge in [0.05, 0.1) is 38.8 Å². The number of methoxy groups -OCH3 is 2. The first-order valence-electron chi connectivity index (χ1n) is 11.2. The molecule has 1 aromatic heterocycles. The summed E-state index contributed by atoms with van der Waals surface area (Å²) in [6.07, 6.45) is 1.23. The van der Waals surface area contributed by atoms with Crippen LogP contribution in [0.15, 0.2) is 48.5 Å². The van der Waals surface area contributed by atoms with Crippen LogP contribution in [-0.2, 0) is 9.47 Å². The van der Waals surface area contributed by atoms with E-state index in [1.54, 1.807) is 48.1 Å². The molecule has 2 aromatic carbocycles. The molecule has 2 fully saturated rings. The molecule has 0 atom stereocenters.